The Morgan fingerprint density at radius 1 is 1.26 bits per heavy atom. The van der Waals surface area contributed by atoms with Gasteiger partial charge in [-0.15, -0.1) is 11.8 Å². The monoisotopic (exact) mass is 297 g/mol. The van der Waals surface area contributed by atoms with Crippen molar-refractivity contribution >= 4 is 23.4 Å². The average Bonchev–Trinajstić information content (AvgIpc) is 2.46. The molecule has 0 radical (unpaired) electrons. The van der Waals surface area contributed by atoms with Crippen LogP contribution in [0.4, 0.5) is 0 Å². The van der Waals surface area contributed by atoms with Crippen LogP contribution >= 0.6 is 23.4 Å². The number of hydrogen-bond donors (Lipinski definition) is 1. The zero-order valence-electron chi connectivity index (χ0n) is 11.0. The number of fused-ring (bicyclic) bond motifs is 1. The van der Waals surface area contributed by atoms with Crippen LogP contribution in [0, 0.1) is 5.92 Å². The quantitative estimate of drug-likeness (QED) is 0.914. The van der Waals surface area contributed by atoms with E-state index in [0.717, 1.165) is 30.7 Å². The van der Waals surface area contributed by atoms with Gasteiger partial charge >= 0.3 is 0 Å². The Morgan fingerprint density at radius 2 is 2.11 bits per heavy atom. The van der Waals surface area contributed by atoms with E-state index >= 15 is 0 Å². The van der Waals surface area contributed by atoms with Crippen LogP contribution < -0.4 is 5.32 Å². The minimum absolute atomic E-state index is 0.470. The zero-order valence-corrected chi connectivity index (χ0v) is 12.6. The van der Waals surface area contributed by atoms with Gasteiger partial charge in [-0.05, 0) is 61.2 Å². The highest BCUT2D eigenvalue weighted by Gasteiger charge is 2.22. The molecule has 2 aliphatic heterocycles. The van der Waals surface area contributed by atoms with E-state index < -0.39 is 0 Å². The lowest BCUT2D eigenvalue weighted by molar-refractivity contribution is 0.0653. The van der Waals surface area contributed by atoms with Gasteiger partial charge in [0.25, 0.3) is 0 Å². The summed E-state index contributed by atoms with van der Waals surface area (Å²) >= 11 is 8.08. The van der Waals surface area contributed by atoms with Crippen molar-refractivity contribution in [2.45, 2.75) is 30.2 Å². The second-order valence-electron chi connectivity index (χ2n) is 5.34. The maximum atomic E-state index is 6.14. The predicted octanol–water partition coefficient (Wildman–Crippen LogP) is 3.89. The smallest absolute Gasteiger partial charge is 0.0469 e. The molecule has 1 fully saturated rings. The Balaban J connectivity index is 1.64. The number of hydrogen-bond acceptors (Lipinski definition) is 3. The van der Waals surface area contributed by atoms with Crippen molar-refractivity contribution in [2.24, 2.45) is 5.92 Å². The molecule has 1 aromatic carbocycles. The summed E-state index contributed by atoms with van der Waals surface area (Å²) in [5.74, 6) is 1.96. The molecule has 3 rings (SSSR count). The maximum Gasteiger partial charge on any atom is 0.0469 e. The number of nitrogens with one attached hydrogen (secondary N) is 1. The maximum absolute atomic E-state index is 6.14. The highest BCUT2D eigenvalue weighted by molar-refractivity contribution is 7.99. The summed E-state index contributed by atoms with van der Waals surface area (Å²) < 4.78 is 5.41. The van der Waals surface area contributed by atoms with E-state index in [1.807, 2.05) is 17.8 Å². The Kier molecular flexibility index (Phi) is 4.69. The minimum atomic E-state index is 0.470. The first-order valence-corrected chi connectivity index (χ1v) is 8.42. The summed E-state index contributed by atoms with van der Waals surface area (Å²) in [4.78, 5) is 1.39. The first-order valence-electron chi connectivity index (χ1n) is 7.06. The topological polar surface area (TPSA) is 21.3 Å². The largest absolute Gasteiger partial charge is 0.381 e. The Morgan fingerprint density at radius 3 is 2.95 bits per heavy atom. The van der Waals surface area contributed by atoms with Gasteiger partial charge in [-0.25, -0.2) is 0 Å². The van der Waals surface area contributed by atoms with Gasteiger partial charge in [0.15, 0.2) is 0 Å². The highest BCUT2D eigenvalue weighted by Crippen LogP contribution is 2.37. The minimum Gasteiger partial charge on any atom is -0.381 e. The molecule has 1 unspecified atom stereocenters. The Hall–Kier alpha value is -0.220. The van der Waals surface area contributed by atoms with Crippen LogP contribution in [0.25, 0.3) is 0 Å². The Bertz CT molecular complexity index is 434. The van der Waals surface area contributed by atoms with E-state index in [1.165, 1.54) is 35.5 Å². The van der Waals surface area contributed by atoms with E-state index in [0.29, 0.717) is 6.04 Å². The molecule has 104 valence electrons. The molecule has 1 atom stereocenters. The molecule has 2 aliphatic rings. The van der Waals surface area contributed by atoms with Gasteiger partial charge in [0.1, 0.15) is 0 Å². The first-order chi connectivity index (χ1) is 9.33. The fourth-order valence-corrected chi connectivity index (χ4v) is 4.12. The number of halogens is 1. The lowest BCUT2D eigenvalue weighted by atomic mass is 9.98. The fraction of sp³-hybridized carbons (Fsp3) is 0.600. The van der Waals surface area contributed by atoms with Gasteiger partial charge in [0, 0.05) is 29.2 Å². The lowest BCUT2D eigenvalue weighted by Crippen LogP contribution is -2.32. The van der Waals surface area contributed by atoms with Gasteiger partial charge in [-0.3, -0.25) is 0 Å². The summed E-state index contributed by atoms with van der Waals surface area (Å²) in [6.07, 6.45) is 3.58. The number of thioether (sulfide) groups is 1. The molecule has 1 aromatic rings. The van der Waals surface area contributed by atoms with Crippen LogP contribution in [0.1, 0.15) is 30.9 Å². The van der Waals surface area contributed by atoms with E-state index in [-0.39, 0.29) is 0 Å². The second-order valence-corrected chi connectivity index (χ2v) is 6.91. The molecule has 1 N–H and O–H groups in total. The number of ether oxygens (including phenoxy) is 1. The number of benzene rings is 1. The predicted molar refractivity (Wildman–Crippen MR) is 81.1 cm³/mol. The van der Waals surface area contributed by atoms with Gasteiger partial charge < -0.3 is 10.1 Å². The van der Waals surface area contributed by atoms with Crippen molar-refractivity contribution in [1.82, 2.24) is 5.32 Å². The van der Waals surface area contributed by atoms with Crippen LogP contribution in [0.2, 0.25) is 5.02 Å². The molecule has 1 saturated heterocycles. The van der Waals surface area contributed by atoms with E-state index in [9.17, 15) is 0 Å². The highest BCUT2D eigenvalue weighted by atomic mass is 35.5. The third-order valence-corrected chi connectivity index (χ3v) is 5.36. The van der Waals surface area contributed by atoms with E-state index in [4.69, 9.17) is 16.3 Å². The van der Waals surface area contributed by atoms with Crippen molar-refractivity contribution < 1.29 is 4.74 Å². The molecule has 19 heavy (non-hydrogen) atoms. The van der Waals surface area contributed by atoms with Crippen LogP contribution in [0.15, 0.2) is 23.1 Å². The van der Waals surface area contributed by atoms with Gasteiger partial charge in [0.2, 0.25) is 0 Å². The molecule has 2 heterocycles. The summed E-state index contributed by atoms with van der Waals surface area (Å²) in [7, 11) is 0. The molecule has 2 nitrogen and oxygen atoms in total. The zero-order chi connectivity index (χ0) is 13.1. The van der Waals surface area contributed by atoms with Crippen molar-refractivity contribution in [1.29, 1.82) is 0 Å². The molecule has 0 bridgehead atoms. The fourth-order valence-electron chi connectivity index (χ4n) is 2.84. The van der Waals surface area contributed by atoms with Gasteiger partial charge in [0.05, 0.1) is 0 Å². The van der Waals surface area contributed by atoms with Crippen LogP contribution in [0.5, 0.6) is 0 Å². The summed E-state index contributed by atoms with van der Waals surface area (Å²) in [6.45, 7) is 2.95. The summed E-state index contributed by atoms with van der Waals surface area (Å²) in [5.41, 5.74) is 1.39. The van der Waals surface area contributed by atoms with Gasteiger partial charge in [-0.1, -0.05) is 11.6 Å². The molecule has 0 aromatic heterocycles. The lowest BCUT2D eigenvalue weighted by Gasteiger charge is -2.29. The van der Waals surface area contributed by atoms with Gasteiger partial charge in [-0.2, -0.15) is 0 Å². The molecule has 0 amide bonds. The van der Waals surface area contributed by atoms with Crippen molar-refractivity contribution in [3.05, 3.63) is 28.8 Å². The SMILES string of the molecule is Clc1ccc2c(c1)C(NCC1CCOCC1)CCS2. The van der Waals surface area contributed by atoms with Crippen molar-refractivity contribution in [2.75, 3.05) is 25.5 Å². The van der Waals surface area contributed by atoms with Crippen LogP contribution in [-0.4, -0.2) is 25.5 Å². The third kappa shape index (κ3) is 3.46. The standard InChI is InChI=1S/C15H20ClNOS/c16-12-1-2-15-13(9-12)14(5-8-19-15)17-10-11-3-6-18-7-4-11/h1-2,9,11,14,17H,3-8,10H2. The number of rotatable bonds is 3. The van der Waals surface area contributed by atoms with Crippen LogP contribution in [-0.2, 0) is 4.74 Å². The molecular weight excluding hydrogens is 278 g/mol. The molecule has 0 spiro atoms. The molecule has 0 aliphatic carbocycles. The molecular formula is C15H20ClNOS. The van der Waals surface area contributed by atoms with E-state index in [1.54, 1.807) is 0 Å². The first kappa shape index (κ1) is 13.7. The Labute approximate surface area is 124 Å². The summed E-state index contributed by atoms with van der Waals surface area (Å²) in [5, 5.41) is 4.59. The van der Waals surface area contributed by atoms with Crippen molar-refractivity contribution in [3.63, 3.8) is 0 Å². The van der Waals surface area contributed by atoms with Crippen LogP contribution in [0.3, 0.4) is 0 Å². The molecule has 4 heteroatoms. The summed E-state index contributed by atoms with van der Waals surface area (Å²) in [6, 6.07) is 6.75. The third-order valence-electron chi connectivity index (χ3n) is 4.01. The normalized spacial score (nSPS) is 24.2. The molecule has 0 saturated carbocycles. The van der Waals surface area contributed by atoms with E-state index in [2.05, 4.69) is 17.4 Å². The average molecular weight is 298 g/mol. The van der Waals surface area contributed by atoms with Crippen molar-refractivity contribution in [3.8, 4) is 0 Å². The second kappa shape index (κ2) is 6.49.